The molecule has 1 heterocycles. The molecule has 3 nitrogen and oxygen atoms in total. The number of hydrogen-bond donors (Lipinski definition) is 2. The molecule has 2 aromatic rings. The summed E-state index contributed by atoms with van der Waals surface area (Å²) in [5.41, 5.74) is 3.71. The third-order valence-electron chi connectivity index (χ3n) is 3.29. The van der Waals surface area contributed by atoms with Gasteiger partial charge in [-0.15, -0.1) is 0 Å². The van der Waals surface area contributed by atoms with Crippen LogP contribution in [-0.2, 0) is 0 Å². The average molecular weight is 267 g/mol. The number of aromatic amines is 1. The van der Waals surface area contributed by atoms with E-state index >= 15 is 0 Å². The molecule has 0 amide bonds. The van der Waals surface area contributed by atoms with E-state index in [1.807, 2.05) is 43.3 Å². The van der Waals surface area contributed by atoms with Crippen LogP contribution in [0.1, 0.15) is 23.6 Å². The molecule has 0 aliphatic carbocycles. The van der Waals surface area contributed by atoms with Gasteiger partial charge in [0.25, 0.3) is 5.56 Å². The van der Waals surface area contributed by atoms with E-state index in [9.17, 15) is 9.90 Å². The van der Waals surface area contributed by atoms with Crippen molar-refractivity contribution in [3.05, 3.63) is 76.2 Å². The number of benzene rings is 1. The van der Waals surface area contributed by atoms with Crippen LogP contribution in [0.3, 0.4) is 0 Å². The summed E-state index contributed by atoms with van der Waals surface area (Å²) in [7, 11) is 0. The van der Waals surface area contributed by atoms with Crippen LogP contribution in [0.25, 0.3) is 11.1 Å². The second-order valence-corrected chi connectivity index (χ2v) is 4.72. The molecule has 0 saturated heterocycles. The Morgan fingerprint density at radius 1 is 1.30 bits per heavy atom. The zero-order chi connectivity index (χ0) is 14.7. The summed E-state index contributed by atoms with van der Waals surface area (Å²) in [6.07, 6.45) is 3.52. The normalized spacial score (nSPS) is 11.4. The maximum Gasteiger partial charge on any atom is 0.290 e. The zero-order valence-electron chi connectivity index (χ0n) is 11.6. The Balaban J connectivity index is 2.38. The van der Waals surface area contributed by atoms with Crippen LogP contribution in [0, 0.1) is 6.92 Å². The fourth-order valence-corrected chi connectivity index (χ4v) is 2.07. The van der Waals surface area contributed by atoms with E-state index in [2.05, 4.69) is 11.6 Å². The third-order valence-corrected chi connectivity index (χ3v) is 3.29. The smallest absolute Gasteiger partial charge is 0.290 e. The molecule has 0 radical (unpaired) electrons. The number of H-pyrrole nitrogens is 1. The van der Waals surface area contributed by atoms with Crippen LogP contribution in [0.2, 0.25) is 0 Å². The Bertz CT molecular complexity index is 724. The van der Waals surface area contributed by atoms with Crippen LogP contribution in [0.15, 0.2) is 54.0 Å². The van der Waals surface area contributed by atoms with Gasteiger partial charge < -0.3 is 10.1 Å². The van der Waals surface area contributed by atoms with Gasteiger partial charge in [-0.25, -0.2) is 0 Å². The van der Waals surface area contributed by atoms with Crippen molar-refractivity contribution >= 4 is 11.1 Å². The summed E-state index contributed by atoms with van der Waals surface area (Å²) in [5.74, 6) is -0.255. The Morgan fingerprint density at radius 3 is 2.60 bits per heavy atom. The van der Waals surface area contributed by atoms with Gasteiger partial charge in [0.05, 0.1) is 0 Å². The molecule has 102 valence electrons. The van der Waals surface area contributed by atoms with Crippen molar-refractivity contribution in [3.63, 3.8) is 0 Å². The molecule has 0 spiro atoms. The van der Waals surface area contributed by atoms with Crippen molar-refractivity contribution < 1.29 is 5.11 Å². The second-order valence-electron chi connectivity index (χ2n) is 4.72. The highest BCUT2D eigenvalue weighted by Gasteiger charge is 2.09. The predicted molar refractivity (Wildman–Crippen MR) is 82.6 cm³/mol. The Morgan fingerprint density at radius 2 is 1.95 bits per heavy atom. The van der Waals surface area contributed by atoms with Crippen LogP contribution >= 0.6 is 0 Å². The largest absolute Gasteiger partial charge is 0.503 e. The Kier molecular flexibility index (Phi) is 3.89. The minimum Gasteiger partial charge on any atom is -0.503 e. The maximum absolute atomic E-state index is 11.3. The van der Waals surface area contributed by atoms with Crippen molar-refractivity contribution in [1.29, 1.82) is 0 Å². The Labute approximate surface area is 117 Å². The minimum absolute atomic E-state index is 0.255. The summed E-state index contributed by atoms with van der Waals surface area (Å²) in [6.45, 7) is 7.72. The standard InChI is InChI=1S/C17H17NO2/c1-11(14-7-5-4-6-8-14)9-12(2)15-10-18-17(20)16(19)13(15)3/h4-10,19H,2H2,1,3H3,(H,18,20)/b11-9+. The first-order valence-corrected chi connectivity index (χ1v) is 6.35. The summed E-state index contributed by atoms with van der Waals surface area (Å²) >= 11 is 0. The van der Waals surface area contributed by atoms with E-state index in [0.717, 1.165) is 22.3 Å². The van der Waals surface area contributed by atoms with Gasteiger partial charge in [-0.3, -0.25) is 4.79 Å². The molecular weight excluding hydrogens is 250 g/mol. The first-order valence-electron chi connectivity index (χ1n) is 6.35. The van der Waals surface area contributed by atoms with Gasteiger partial charge in [0.15, 0.2) is 5.75 Å². The summed E-state index contributed by atoms with van der Waals surface area (Å²) < 4.78 is 0. The lowest BCUT2D eigenvalue weighted by atomic mass is 9.99. The summed E-state index contributed by atoms with van der Waals surface area (Å²) in [5, 5.41) is 9.68. The molecule has 0 saturated carbocycles. The van der Waals surface area contributed by atoms with Gasteiger partial charge in [-0.2, -0.15) is 0 Å². The predicted octanol–water partition coefficient (Wildman–Crippen LogP) is 3.51. The number of aromatic nitrogens is 1. The van der Waals surface area contributed by atoms with Gasteiger partial charge in [-0.05, 0) is 30.6 Å². The number of aromatic hydroxyl groups is 1. The van der Waals surface area contributed by atoms with E-state index < -0.39 is 5.56 Å². The molecule has 2 rings (SSSR count). The van der Waals surface area contributed by atoms with Gasteiger partial charge >= 0.3 is 0 Å². The lowest BCUT2D eigenvalue weighted by Gasteiger charge is -2.08. The first-order chi connectivity index (χ1) is 9.50. The highest BCUT2D eigenvalue weighted by molar-refractivity contribution is 5.83. The van der Waals surface area contributed by atoms with E-state index in [1.54, 1.807) is 13.1 Å². The molecule has 1 aromatic heterocycles. The van der Waals surface area contributed by atoms with E-state index in [4.69, 9.17) is 0 Å². The molecule has 0 aliphatic heterocycles. The molecule has 1 aromatic carbocycles. The average Bonchev–Trinajstić information content (AvgIpc) is 2.45. The zero-order valence-corrected chi connectivity index (χ0v) is 11.6. The topological polar surface area (TPSA) is 53.1 Å². The number of nitrogens with one attached hydrogen (secondary N) is 1. The van der Waals surface area contributed by atoms with Gasteiger partial charge in [0, 0.05) is 17.3 Å². The van der Waals surface area contributed by atoms with Crippen LogP contribution in [0.5, 0.6) is 5.75 Å². The van der Waals surface area contributed by atoms with Gasteiger partial charge in [-0.1, -0.05) is 43.0 Å². The van der Waals surface area contributed by atoms with Crippen LogP contribution in [0.4, 0.5) is 0 Å². The van der Waals surface area contributed by atoms with E-state index in [0.29, 0.717) is 5.56 Å². The molecule has 0 bridgehead atoms. The molecule has 0 unspecified atom stereocenters. The number of pyridine rings is 1. The lowest BCUT2D eigenvalue weighted by molar-refractivity contribution is 0.462. The Hall–Kier alpha value is -2.55. The van der Waals surface area contributed by atoms with Crippen molar-refractivity contribution in [1.82, 2.24) is 4.98 Å². The SMILES string of the molecule is C=C(/C=C(\C)c1ccccc1)c1c[nH]c(=O)c(O)c1C. The third kappa shape index (κ3) is 2.72. The monoisotopic (exact) mass is 267 g/mol. The molecule has 20 heavy (non-hydrogen) atoms. The van der Waals surface area contributed by atoms with Crippen molar-refractivity contribution in [2.24, 2.45) is 0 Å². The molecule has 0 aliphatic rings. The van der Waals surface area contributed by atoms with Crippen molar-refractivity contribution in [3.8, 4) is 5.75 Å². The molecule has 0 fully saturated rings. The van der Waals surface area contributed by atoms with Gasteiger partial charge in [0.2, 0.25) is 0 Å². The van der Waals surface area contributed by atoms with E-state index in [1.165, 1.54) is 0 Å². The molecule has 2 N–H and O–H groups in total. The first kappa shape index (κ1) is 13.9. The fourth-order valence-electron chi connectivity index (χ4n) is 2.07. The van der Waals surface area contributed by atoms with E-state index in [-0.39, 0.29) is 5.75 Å². The molecule has 0 atom stereocenters. The quantitative estimate of drug-likeness (QED) is 0.836. The van der Waals surface area contributed by atoms with Gasteiger partial charge in [0.1, 0.15) is 0 Å². The number of rotatable bonds is 3. The summed E-state index contributed by atoms with van der Waals surface area (Å²) in [6, 6.07) is 9.97. The second kappa shape index (κ2) is 5.61. The minimum atomic E-state index is -0.484. The number of allylic oxidation sites excluding steroid dienone is 3. The number of hydrogen-bond acceptors (Lipinski definition) is 2. The maximum atomic E-state index is 11.3. The lowest BCUT2D eigenvalue weighted by Crippen LogP contribution is -2.07. The van der Waals surface area contributed by atoms with Crippen LogP contribution in [-0.4, -0.2) is 10.1 Å². The highest BCUT2D eigenvalue weighted by atomic mass is 16.3. The molecule has 3 heteroatoms. The summed E-state index contributed by atoms with van der Waals surface area (Å²) in [4.78, 5) is 13.8. The highest BCUT2D eigenvalue weighted by Crippen LogP contribution is 2.25. The van der Waals surface area contributed by atoms with Crippen molar-refractivity contribution in [2.45, 2.75) is 13.8 Å². The fraction of sp³-hybridized carbons (Fsp3) is 0.118. The molecular formula is C17H17NO2. The van der Waals surface area contributed by atoms with Crippen LogP contribution < -0.4 is 5.56 Å². The van der Waals surface area contributed by atoms with Crippen molar-refractivity contribution in [2.75, 3.05) is 0 Å².